The van der Waals surface area contributed by atoms with Crippen molar-refractivity contribution < 1.29 is 9.66 Å². The van der Waals surface area contributed by atoms with Crippen LogP contribution in [0.4, 0.5) is 11.4 Å². The first kappa shape index (κ1) is 15.2. The molecule has 110 valence electrons. The van der Waals surface area contributed by atoms with Crippen LogP contribution in [0.2, 0.25) is 0 Å². The highest BCUT2D eigenvalue weighted by molar-refractivity contribution is 9.10. The van der Waals surface area contributed by atoms with Gasteiger partial charge in [0.25, 0.3) is 5.69 Å². The molecule has 0 spiro atoms. The molecule has 6 nitrogen and oxygen atoms in total. The molecular weight excluding hydrogens is 326 g/mol. The minimum absolute atomic E-state index is 0.0740. The van der Waals surface area contributed by atoms with Crippen molar-refractivity contribution in [2.24, 2.45) is 0 Å². The van der Waals surface area contributed by atoms with Gasteiger partial charge in [-0.05, 0) is 31.5 Å². The SMILES string of the molecule is COCC1(CNc2ccc(Br)cc2[N+](=O)[O-])CCCN1. The molecule has 0 aliphatic carbocycles. The van der Waals surface area contributed by atoms with E-state index in [2.05, 4.69) is 26.6 Å². The van der Waals surface area contributed by atoms with Gasteiger partial charge in [-0.25, -0.2) is 0 Å². The first-order chi connectivity index (χ1) is 9.56. The van der Waals surface area contributed by atoms with Crippen LogP contribution >= 0.6 is 15.9 Å². The van der Waals surface area contributed by atoms with Gasteiger partial charge in [0.05, 0.1) is 17.1 Å². The molecular formula is C13H18BrN3O3. The molecule has 1 fully saturated rings. The van der Waals surface area contributed by atoms with Crippen molar-refractivity contribution in [2.45, 2.75) is 18.4 Å². The molecule has 0 amide bonds. The van der Waals surface area contributed by atoms with Gasteiger partial charge in [-0.1, -0.05) is 15.9 Å². The molecule has 0 radical (unpaired) electrons. The van der Waals surface area contributed by atoms with E-state index in [1.807, 2.05) is 0 Å². The van der Waals surface area contributed by atoms with Gasteiger partial charge in [-0.15, -0.1) is 0 Å². The number of nitrogens with zero attached hydrogens (tertiary/aromatic N) is 1. The number of anilines is 1. The van der Waals surface area contributed by atoms with Crippen LogP contribution in [0.15, 0.2) is 22.7 Å². The Morgan fingerprint density at radius 3 is 3.00 bits per heavy atom. The number of nitro benzene ring substituents is 1. The predicted octanol–water partition coefficient (Wildman–Crippen LogP) is 2.54. The number of benzene rings is 1. The lowest BCUT2D eigenvalue weighted by Gasteiger charge is -2.29. The number of nitrogens with one attached hydrogen (secondary N) is 2. The number of nitro groups is 1. The Kier molecular flexibility index (Phi) is 4.95. The molecule has 20 heavy (non-hydrogen) atoms. The smallest absolute Gasteiger partial charge is 0.293 e. The molecule has 1 aliphatic rings. The van der Waals surface area contributed by atoms with Crippen LogP contribution in [0.25, 0.3) is 0 Å². The van der Waals surface area contributed by atoms with Gasteiger partial charge in [0.2, 0.25) is 0 Å². The zero-order chi connectivity index (χ0) is 14.6. The second-order valence-corrected chi connectivity index (χ2v) is 5.93. The van der Waals surface area contributed by atoms with Crippen LogP contribution in [0.3, 0.4) is 0 Å². The zero-order valence-electron chi connectivity index (χ0n) is 11.3. The highest BCUT2D eigenvalue weighted by atomic mass is 79.9. The van der Waals surface area contributed by atoms with Crippen molar-refractivity contribution in [3.63, 3.8) is 0 Å². The molecule has 1 saturated heterocycles. The topological polar surface area (TPSA) is 76.4 Å². The molecule has 1 atom stereocenters. The van der Waals surface area contributed by atoms with E-state index in [-0.39, 0.29) is 16.1 Å². The fourth-order valence-corrected chi connectivity index (χ4v) is 2.89. The van der Waals surface area contributed by atoms with Gasteiger partial charge in [-0.3, -0.25) is 10.1 Å². The maximum absolute atomic E-state index is 11.1. The lowest BCUT2D eigenvalue weighted by molar-refractivity contribution is -0.384. The molecule has 1 heterocycles. The summed E-state index contributed by atoms with van der Waals surface area (Å²) in [6.07, 6.45) is 2.09. The number of rotatable bonds is 6. The fraction of sp³-hybridized carbons (Fsp3) is 0.538. The van der Waals surface area contributed by atoms with E-state index in [1.54, 1.807) is 19.2 Å². The van der Waals surface area contributed by atoms with Gasteiger partial charge in [0.15, 0.2) is 0 Å². The number of halogens is 1. The fourth-order valence-electron chi connectivity index (χ4n) is 2.54. The summed E-state index contributed by atoms with van der Waals surface area (Å²) in [5, 5.41) is 17.7. The molecule has 1 aromatic rings. The summed E-state index contributed by atoms with van der Waals surface area (Å²) in [5.74, 6) is 0. The summed E-state index contributed by atoms with van der Waals surface area (Å²) in [6, 6.07) is 5.02. The monoisotopic (exact) mass is 343 g/mol. The Labute approximate surface area is 126 Å². The quantitative estimate of drug-likeness (QED) is 0.613. The summed E-state index contributed by atoms with van der Waals surface area (Å²) < 4.78 is 5.97. The number of hydrogen-bond donors (Lipinski definition) is 2. The number of methoxy groups -OCH3 is 1. The first-order valence-electron chi connectivity index (χ1n) is 6.48. The molecule has 1 aromatic carbocycles. The van der Waals surface area contributed by atoms with E-state index >= 15 is 0 Å². The molecule has 1 aliphatic heterocycles. The van der Waals surface area contributed by atoms with Crippen LogP contribution in [-0.2, 0) is 4.74 Å². The molecule has 2 rings (SSSR count). The summed E-state index contributed by atoms with van der Waals surface area (Å²) in [5.41, 5.74) is 0.461. The molecule has 7 heteroatoms. The van der Waals surface area contributed by atoms with Crippen LogP contribution < -0.4 is 10.6 Å². The summed E-state index contributed by atoms with van der Waals surface area (Å²) in [7, 11) is 1.67. The van der Waals surface area contributed by atoms with E-state index < -0.39 is 0 Å². The van der Waals surface area contributed by atoms with Crippen molar-refractivity contribution >= 4 is 27.3 Å². The third-order valence-electron chi connectivity index (χ3n) is 3.53. The van der Waals surface area contributed by atoms with E-state index in [1.165, 1.54) is 6.07 Å². The van der Waals surface area contributed by atoms with Crippen LogP contribution in [-0.4, -0.2) is 37.3 Å². The molecule has 1 unspecified atom stereocenters. The van der Waals surface area contributed by atoms with Crippen molar-refractivity contribution in [3.8, 4) is 0 Å². The Bertz CT molecular complexity index is 490. The van der Waals surface area contributed by atoms with Gasteiger partial charge in [-0.2, -0.15) is 0 Å². The minimum Gasteiger partial charge on any atom is -0.383 e. The normalized spacial score (nSPS) is 21.9. The van der Waals surface area contributed by atoms with E-state index in [0.717, 1.165) is 19.4 Å². The van der Waals surface area contributed by atoms with E-state index in [9.17, 15) is 10.1 Å². The minimum atomic E-state index is -0.377. The van der Waals surface area contributed by atoms with Gasteiger partial charge < -0.3 is 15.4 Å². The maximum Gasteiger partial charge on any atom is 0.293 e. The molecule has 0 saturated carbocycles. The van der Waals surface area contributed by atoms with Crippen LogP contribution in [0.5, 0.6) is 0 Å². The highest BCUT2D eigenvalue weighted by Gasteiger charge is 2.33. The summed E-state index contributed by atoms with van der Waals surface area (Å²) in [4.78, 5) is 10.7. The lowest BCUT2D eigenvalue weighted by Crippen LogP contribution is -2.49. The van der Waals surface area contributed by atoms with Gasteiger partial charge >= 0.3 is 0 Å². The Hall–Kier alpha value is -1.18. The first-order valence-corrected chi connectivity index (χ1v) is 7.27. The second-order valence-electron chi connectivity index (χ2n) is 5.02. The highest BCUT2D eigenvalue weighted by Crippen LogP contribution is 2.29. The summed E-state index contributed by atoms with van der Waals surface area (Å²) >= 11 is 3.25. The van der Waals surface area contributed by atoms with Crippen molar-refractivity contribution in [1.29, 1.82) is 0 Å². The third-order valence-corrected chi connectivity index (χ3v) is 4.02. The summed E-state index contributed by atoms with van der Waals surface area (Å²) in [6.45, 7) is 2.14. The maximum atomic E-state index is 11.1. The average Bonchev–Trinajstić information content (AvgIpc) is 2.86. The number of hydrogen-bond acceptors (Lipinski definition) is 5. The predicted molar refractivity (Wildman–Crippen MR) is 81.1 cm³/mol. The Morgan fingerprint density at radius 1 is 1.60 bits per heavy atom. The van der Waals surface area contributed by atoms with Crippen LogP contribution in [0, 0.1) is 10.1 Å². The third kappa shape index (κ3) is 3.47. The zero-order valence-corrected chi connectivity index (χ0v) is 12.9. The molecule has 0 bridgehead atoms. The van der Waals surface area contributed by atoms with Crippen molar-refractivity contribution in [2.75, 3.05) is 32.1 Å². The Morgan fingerprint density at radius 2 is 2.40 bits per heavy atom. The molecule has 2 N–H and O–H groups in total. The van der Waals surface area contributed by atoms with Crippen molar-refractivity contribution in [1.82, 2.24) is 5.32 Å². The van der Waals surface area contributed by atoms with Gasteiger partial charge in [0, 0.05) is 24.2 Å². The van der Waals surface area contributed by atoms with Crippen LogP contribution in [0.1, 0.15) is 12.8 Å². The average molecular weight is 344 g/mol. The van der Waals surface area contributed by atoms with Crippen molar-refractivity contribution in [3.05, 3.63) is 32.8 Å². The van der Waals surface area contributed by atoms with Gasteiger partial charge in [0.1, 0.15) is 5.69 Å². The van der Waals surface area contributed by atoms with E-state index in [4.69, 9.17) is 4.74 Å². The Balaban J connectivity index is 2.12. The lowest BCUT2D eigenvalue weighted by atomic mass is 9.98. The van der Waals surface area contributed by atoms with E-state index in [0.29, 0.717) is 23.3 Å². The largest absolute Gasteiger partial charge is 0.383 e. The second kappa shape index (κ2) is 6.51. The standard InChI is InChI=1S/C13H18BrN3O3/c1-20-9-13(5-2-6-16-13)8-15-11-4-3-10(14)7-12(11)17(18)19/h3-4,7,15-16H,2,5-6,8-9H2,1H3. The number of ether oxygens (including phenoxy) is 1. The molecule has 0 aromatic heterocycles.